The van der Waals surface area contributed by atoms with E-state index in [0.717, 1.165) is 23.4 Å². The van der Waals surface area contributed by atoms with E-state index >= 15 is 0 Å². The number of rotatable bonds is 3. The van der Waals surface area contributed by atoms with Crippen LogP contribution in [0.3, 0.4) is 0 Å². The molecule has 1 aromatic carbocycles. The zero-order chi connectivity index (χ0) is 13.2. The van der Waals surface area contributed by atoms with Gasteiger partial charge in [0.25, 0.3) is 0 Å². The van der Waals surface area contributed by atoms with E-state index in [9.17, 15) is 0 Å². The first-order valence-electron chi connectivity index (χ1n) is 6.72. The van der Waals surface area contributed by atoms with Crippen molar-refractivity contribution in [3.05, 3.63) is 52.7 Å². The van der Waals surface area contributed by atoms with Gasteiger partial charge in [-0.25, -0.2) is 4.98 Å². The maximum atomic E-state index is 5.92. The van der Waals surface area contributed by atoms with Crippen molar-refractivity contribution in [1.82, 2.24) is 4.98 Å². The van der Waals surface area contributed by atoms with Crippen molar-refractivity contribution in [3.63, 3.8) is 0 Å². The van der Waals surface area contributed by atoms with E-state index in [1.807, 2.05) is 25.1 Å². The van der Waals surface area contributed by atoms with Gasteiger partial charge >= 0.3 is 0 Å². The predicted octanol–water partition coefficient (Wildman–Crippen LogP) is 3.13. The van der Waals surface area contributed by atoms with E-state index in [1.54, 1.807) is 0 Å². The summed E-state index contributed by atoms with van der Waals surface area (Å²) in [7, 11) is 0. The molecule has 0 unspecified atom stereocenters. The fourth-order valence-corrected chi connectivity index (χ4v) is 2.53. The molecular formula is C16H18N2O. The number of hydrogen-bond donors (Lipinski definition) is 1. The second-order valence-corrected chi connectivity index (χ2v) is 5.01. The molecule has 0 atom stereocenters. The van der Waals surface area contributed by atoms with Crippen molar-refractivity contribution in [3.8, 4) is 11.6 Å². The normalized spacial score (nSPS) is 13.4. The van der Waals surface area contributed by atoms with Crippen LogP contribution in [0.2, 0.25) is 0 Å². The topological polar surface area (TPSA) is 48.1 Å². The van der Waals surface area contributed by atoms with Gasteiger partial charge in [-0.3, -0.25) is 0 Å². The number of nitrogens with zero attached hydrogens (tertiary/aromatic N) is 1. The van der Waals surface area contributed by atoms with Gasteiger partial charge in [-0.05, 0) is 55.5 Å². The molecule has 2 N–H and O–H groups in total. The molecular weight excluding hydrogens is 236 g/mol. The van der Waals surface area contributed by atoms with Gasteiger partial charge in [0.05, 0.1) is 0 Å². The Labute approximate surface area is 113 Å². The van der Waals surface area contributed by atoms with Crippen LogP contribution in [0.5, 0.6) is 11.6 Å². The third-order valence-corrected chi connectivity index (χ3v) is 3.58. The average molecular weight is 254 g/mol. The molecule has 3 rings (SSSR count). The summed E-state index contributed by atoms with van der Waals surface area (Å²) in [6.07, 6.45) is 3.58. The predicted molar refractivity (Wildman–Crippen MR) is 75.4 cm³/mol. The van der Waals surface area contributed by atoms with Gasteiger partial charge in [-0.15, -0.1) is 0 Å². The lowest BCUT2D eigenvalue weighted by Crippen LogP contribution is -2.02. The highest BCUT2D eigenvalue weighted by atomic mass is 16.5. The van der Waals surface area contributed by atoms with Crippen LogP contribution in [0.4, 0.5) is 0 Å². The van der Waals surface area contributed by atoms with Crippen LogP contribution in [-0.4, -0.2) is 4.98 Å². The minimum absolute atomic E-state index is 0.438. The second-order valence-electron chi connectivity index (χ2n) is 5.01. The zero-order valence-electron chi connectivity index (χ0n) is 11.1. The molecule has 1 heterocycles. The van der Waals surface area contributed by atoms with Gasteiger partial charge in [0.1, 0.15) is 5.75 Å². The maximum absolute atomic E-state index is 5.92. The number of ether oxygens (including phenoxy) is 1. The Kier molecular flexibility index (Phi) is 3.22. The lowest BCUT2D eigenvalue weighted by atomic mass is 10.1. The molecule has 1 aromatic heterocycles. The van der Waals surface area contributed by atoms with E-state index in [4.69, 9.17) is 10.5 Å². The fraction of sp³-hybridized carbons (Fsp3) is 0.312. The van der Waals surface area contributed by atoms with Crippen LogP contribution in [0.1, 0.15) is 28.8 Å². The monoisotopic (exact) mass is 254 g/mol. The van der Waals surface area contributed by atoms with Crippen molar-refractivity contribution < 1.29 is 4.74 Å². The first-order chi connectivity index (χ1) is 9.26. The van der Waals surface area contributed by atoms with Gasteiger partial charge in [0, 0.05) is 17.8 Å². The van der Waals surface area contributed by atoms with E-state index in [2.05, 4.69) is 17.1 Å². The lowest BCUT2D eigenvalue weighted by molar-refractivity contribution is 0.454. The van der Waals surface area contributed by atoms with Crippen LogP contribution in [0, 0.1) is 6.92 Å². The van der Waals surface area contributed by atoms with Crippen molar-refractivity contribution in [1.29, 1.82) is 0 Å². The van der Waals surface area contributed by atoms with Gasteiger partial charge in [-0.2, -0.15) is 0 Å². The summed E-state index contributed by atoms with van der Waals surface area (Å²) in [5.41, 5.74) is 10.4. The highest BCUT2D eigenvalue weighted by molar-refractivity contribution is 5.41. The SMILES string of the molecule is Cc1ccc(CN)c(Oc2ccc3c(c2)CCC3)n1. The summed E-state index contributed by atoms with van der Waals surface area (Å²) in [6.45, 7) is 2.39. The van der Waals surface area contributed by atoms with Crippen molar-refractivity contribution >= 4 is 0 Å². The summed E-state index contributed by atoms with van der Waals surface area (Å²) in [6, 6.07) is 10.2. The first kappa shape index (κ1) is 12.2. The summed E-state index contributed by atoms with van der Waals surface area (Å²) in [5.74, 6) is 1.48. The minimum atomic E-state index is 0.438. The van der Waals surface area contributed by atoms with Crippen LogP contribution in [-0.2, 0) is 19.4 Å². The Bertz CT molecular complexity index is 608. The largest absolute Gasteiger partial charge is 0.439 e. The molecule has 1 aliphatic rings. The number of pyridine rings is 1. The number of aromatic nitrogens is 1. The van der Waals surface area contributed by atoms with E-state index in [0.29, 0.717) is 12.4 Å². The molecule has 0 amide bonds. The summed E-state index contributed by atoms with van der Waals surface area (Å²) < 4.78 is 5.92. The molecule has 2 aromatic rings. The number of benzene rings is 1. The number of aryl methyl sites for hydroxylation is 3. The first-order valence-corrected chi connectivity index (χ1v) is 6.72. The molecule has 19 heavy (non-hydrogen) atoms. The van der Waals surface area contributed by atoms with Gasteiger partial charge in [0.15, 0.2) is 0 Å². The Morgan fingerprint density at radius 2 is 2.00 bits per heavy atom. The molecule has 0 radical (unpaired) electrons. The number of fused-ring (bicyclic) bond motifs is 1. The van der Waals surface area contributed by atoms with Gasteiger partial charge in [-0.1, -0.05) is 12.1 Å². The van der Waals surface area contributed by atoms with Crippen molar-refractivity contribution in [2.45, 2.75) is 32.7 Å². The third kappa shape index (κ3) is 2.47. The smallest absolute Gasteiger partial charge is 0.223 e. The van der Waals surface area contributed by atoms with Crippen LogP contribution >= 0.6 is 0 Å². The highest BCUT2D eigenvalue weighted by Gasteiger charge is 2.12. The third-order valence-electron chi connectivity index (χ3n) is 3.58. The molecule has 0 aliphatic heterocycles. The Morgan fingerprint density at radius 1 is 1.16 bits per heavy atom. The molecule has 0 fully saturated rings. The molecule has 3 heteroatoms. The second kappa shape index (κ2) is 5.02. The van der Waals surface area contributed by atoms with Crippen molar-refractivity contribution in [2.24, 2.45) is 5.73 Å². The van der Waals surface area contributed by atoms with Gasteiger partial charge in [0.2, 0.25) is 5.88 Å². The summed E-state index contributed by atoms with van der Waals surface area (Å²) in [4.78, 5) is 4.43. The number of nitrogens with two attached hydrogens (primary N) is 1. The van der Waals surface area contributed by atoms with Crippen molar-refractivity contribution in [2.75, 3.05) is 0 Å². The lowest BCUT2D eigenvalue weighted by Gasteiger charge is -2.10. The molecule has 0 bridgehead atoms. The highest BCUT2D eigenvalue weighted by Crippen LogP contribution is 2.29. The van der Waals surface area contributed by atoms with Crippen LogP contribution < -0.4 is 10.5 Å². The Balaban J connectivity index is 1.90. The van der Waals surface area contributed by atoms with Crippen LogP contribution in [0.15, 0.2) is 30.3 Å². The van der Waals surface area contributed by atoms with Gasteiger partial charge < -0.3 is 10.5 Å². The average Bonchev–Trinajstić information content (AvgIpc) is 2.86. The zero-order valence-corrected chi connectivity index (χ0v) is 11.1. The van der Waals surface area contributed by atoms with E-state index < -0.39 is 0 Å². The summed E-state index contributed by atoms with van der Waals surface area (Å²) >= 11 is 0. The van der Waals surface area contributed by atoms with Crippen LogP contribution in [0.25, 0.3) is 0 Å². The molecule has 3 nitrogen and oxygen atoms in total. The molecule has 0 saturated heterocycles. The van der Waals surface area contributed by atoms with E-state index in [1.165, 1.54) is 24.0 Å². The number of hydrogen-bond acceptors (Lipinski definition) is 3. The fourth-order valence-electron chi connectivity index (χ4n) is 2.53. The molecule has 98 valence electrons. The minimum Gasteiger partial charge on any atom is -0.439 e. The maximum Gasteiger partial charge on any atom is 0.223 e. The molecule has 0 spiro atoms. The Hall–Kier alpha value is -1.87. The standard InChI is InChI=1S/C16H18N2O/c1-11-5-6-14(10-17)16(18-11)19-15-8-7-12-3-2-4-13(12)9-15/h5-9H,2-4,10,17H2,1H3. The quantitative estimate of drug-likeness (QED) is 0.915. The van der Waals surface area contributed by atoms with E-state index in [-0.39, 0.29) is 0 Å². The summed E-state index contributed by atoms with van der Waals surface area (Å²) in [5, 5.41) is 0. The Morgan fingerprint density at radius 3 is 2.84 bits per heavy atom. The molecule has 1 aliphatic carbocycles. The molecule has 0 saturated carbocycles.